The zero-order valence-electron chi connectivity index (χ0n) is 7.55. The van der Waals surface area contributed by atoms with E-state index in [-0.39, 0.29) is 11.5 Å². The van der Waals surface area contributed by atoms with Gasteiger partial charge in [-0.3, -0.25) is 4.79 Å². The highest BCUT2D eigenvalue weighted by molar-refractivity contribution is 6.01. The second-order valence-electron chi connectivity index (χ2n) is 3.78. The van der Waals surface area contributed by atoms with Gasteiger partial charge < -0.3 is 10.2 Å². The van der Waals surface area contributed by atoms with Gasteiger partial charge in [-0.1, -0.05) is 20.8 Å². The van der Waals surface area contributed by atoms with Crippen LogP contribution in [0, 0.1) is 5.41 Å². The van der Waals surface area contributed by atoms with E-state index in [2.05, 4.69) is 0 Å². The first kappa shape index (κ1) is 8.84. The van der Waals surface area contributed by atoms with Crippen molar-refractivity contribution in [2.24, 2.45) is 5.41 Å². The molecule has 12 heavy (non-hydrogen) atoms. The molecular formula is C9H13NO2. The number of rotatable bonds is 1. The van der Waals surface area contributed by atoms with Gasteiger partial charge in [0, 0.05) is 11.5 Å². The average Bonchev–Trinajstić information content (AvgIpc) is 2.31. The second-order valence-corrected chi connectivity index (χ2v) is 3.78. The van der Waals surface area contributed by atoms with Crippen molar-refractivity contribution >= 4 is 11.5 Å². The van der Waals surface area contributed by atoms with E-state index in [0.29, 0.717) is 5.69 Å². The number of hydrogen-bond acceptors (Lipinski definition) is 3. The summed E-state index contributed by atoms with van der Waals surface area (Å²) >= 11 is 0. The fourth-order valence-electron chi connectivity index (χ4n) is 0.844. The maximum atomic E-state index is 11.6. The third kappa shape index (κ3) is 1.49. The molecule has 66 valence electrons. The first-order valence-electron chi connectivity index (χ1n) is 3.80. The van der Waals surface area contributed by atoms with Gasteiger partial charge in [-0.25, -0.2) is 0 Å². The molecule has 3 heteroatoms. The Bertz CT molecular complexity index is 294. The zero-order chi connectivity index (χ0) is 9.35. The van der Waals surface area contributed by atoms with E-state index in [4.69, 9.17) is 10.2 Å². The number of anilines is 1. The first-order valence-corrected chi connectivity index (χ1v) is 3.80. The van der Waals surface area contributed by atoms with Crippen molar-refractivity contribution in [2.45, 2.75) is 20.8 Å². The Balaban J connectivity index is 3.01. The largest absolute Gasteiger partial charge is 0.459 e. The van der Waals surface area contributed by atoms with Crippen LogP contribution in [0.3, 0.4) is 0 Å². The first-order chi connectivity index (χ1) is 5.43. The standard InChI is InChI=1S/C9H13NO2/c1-9(2,3)8(11)7-6(10)4-5-12-7/h4-5H,10H2,1-3H3. The SMILES string of the molecule is CC(C)(C)C(=O)c1occc1N. The Morgan fingerprint density at radius 2 is 2.08 bits per heavy atom. The van der Waals surface area contributed by atoms with Crippen molar-refractivity contribution in [1.29, 1.82) is 0 Å². The quantitative estimate of drug-likeness (QED) is 0.651. The molecule has 0 spiro atoms. The number of carbonyl (C=O) groups excluding carboxylic acids is 1. The van der Waals surface area contributed by atoms with Gasteiger partial charge in [0.1, 0.15) is 0 Å². The lowest BCUT2D eigenvalue weighted by Crippen LogP contribution is -2.20. The minimum absolute atomic E-state index is 0.0648. The average molecular weight is 167 g/mol. The van der Waals surface area contributed by atoms with Gasteiger partial charge in [0.2, 0.25) is 5.78 Å². The molecular weight excluding hydrogens is 154 g/mol. The van der Waals surface area contributed by atoms with Crippen molar-refractivity contribution in [3.8, 4) is 0 Å². The summed E-state index contributed by atoms with van der Waals surface area (Å²) in [6, 6.07) is 1.58. The number of nitrogens with two attached hydrogens (primary N) is 1. The van der Waals surface area contributed by atoms with Crippen LogP contribution in [0.15, 0.2) is 16.7 Å². The van der Waals surface area contributed by atoms with Crippen molar-refractivity contribution in [3.05, 3.63) is 18.1 Å². The molecule has 1 rings (SSSR count). The summed E-state index contributed by atoms with van der Waals surface area (Å²) in [5.41, 5.74) is 5.50. The lowest BCUT2D eigenvalue weighted by atomic mass is 9.89. The van der Waals surface area contributed by atoms with Crippen LogP contribution in [-0.2, 0) is 0 Å². The Labute approximate surface area is 71.6 Å². The van der Waals surface area contributed by atoms with Gasteiger partial charge in [0.25, 0.3) is 0 Å². The number of ketones is 1. The molecule has 0 atom stereocenters. The van der Waals surface area contributed by atoms with E-state index in [0.717, 1.165) is 0 Å². The molecule has 0 aromatic carbocycles. The fraction of sp³-hybridized carbons (Fsp3) is 0.444. The Morgan fingerprint density at radius 3 is 2.42 bits per heavy atom. The summed E-state index contributed by atoms with van der Waals surface area (Å²) in [5, 5.41) is 0. The van der Waals surface area contributed by atoms with Crippen LogP contribution in [0.2, 0.25) is 0 Å². The molecule has 0 bridgehead atoms. The maximum absolute atomic E-state index is 11.6. The molecule has 1 aromatic rings. The van der Waals surface area contributed by atoms with Crippen molar-refractivity contribution < 1.29 is 9.21 Å². The third-order valence-corrected chi connectivity index (χ3v) is 1.58. The molecule has 0 radical (unpaired) electrons. The molecule has 0 saturated carbocycles. The van der Waals surface area contributed by atoms with Crippen LogP contribution in [0.5, 0.6) is 0 Å². The van der Waals surface area contributed by atoms with E-state index < -0.39 is 5.41 Å². The lowest BCUT2D eigenvalue weighted by molar-refractivity contribution is 0.0830. The Hall–Kier alpha value is -1.25. The molecule has 1 heterocycles. The predicted octanol–water partition coefficient (Wildman–Crippen LogP) is 2.09. The van der Waals surface area contributed by atoms with Gasteiger partial charge >= 0.3 is 0 Å². The van der Waals surface area contributed by atoms with E-state index >= 15 is 0 Å². The van der Waals surface area contributed by atoms with E-state index in [9.17, 15) is 4.79 Å². The summed E-state index contributed by atoms with van der Waals surface area (Å²) in [6.45, 7) is 5.49. The second kappa shape index (κ2) is 2.66. The van der Waals surface area contributed by atoms with Crippen LogP contribution in [0.1, 0.15) is 31.3 Å². The van der Waals surface area contributed by atoms with E-state index in [1.54, 1.807) is 6.07 Å². The molecule has 0 unspecified atom stereocenters. The number of hydrogen-bond donors (Lipinski definition) is 1. The summed E-state index contributed by atoms with van der Waals surface area (Å²) in [5.74, 6) is 0.201. The normalized spacial score (nSPS) is 11.6. The van der Waals surface area contributed by atoms with Crippen LogP contribution in [-0.4, -0.2) is 5.78 Å². The summed E-state index contributed by atoms with van der Waals surface area (Å²) in [6.07, 6.45) is 1.42. The van der Waals surface area contributed by atoms with Gasteiger partial charge in [-0.05, 0) is 0 Å². The maximum Gasteiger partial charge on any atom is 0.205 e. The number of nitrogen functional groups attached to an aromatic ring is 1. The van der Waals surface area contributed by atoms with Crippen LogP contribution < -0.4 is 5.73 Å². The zero-order valence-corrected chi connectivity index (χ0v) is 7.55. The highest BCUT2D eigenvalue weighted by Crippen LogP contribution is 2.24. The van der Waals surface area contributed by atoms with Crippen molar-refractivity contribution in [1.82, 2.24) is 0 Å². The molecule has 0 aliphatic heterocycles. The predicted molar refractivity (Wildman–Crippen MR) is 46.9 cm³/mol. The summed E-state index contributed by atoms with van der Waals surface area (Å²) in [4.78, 5) is 11.6. The van der Waals surface area contributed by atoms with E-state index in [1.165, 1.54) is 6.26 Å². The molecule has 3 nitrogen and oxygen atoms in total. The third-order valence-electron chi connectivity index (χ3n) is 1.58. The lowest BCUT2D eigenvalue weighted by Gasteiger charge is -2.14. The Kier molecular flexibility index (Phi) is 1.96. The molecule has 0 aliphatic carbocycles. The molecule has 0 amide bonds. The Morgan fingerprint density at radius 1 is 1.50 bits per heavy atom. The van der Waals surface area contributed by atoms with Crippen LogP contribution in [0.4, 0.5) is 5.69 Å². The minimum Gasteiger partial charge on any atom is -0.459 e. The highest BCUT2D eigenvalue weighted by Gasteiger charge is 2.26. The smallest absolute Gasteiger partial charge is 0.205 e. The molecule has 0 aliphatic rings. The van der Waals surface area contributed by atoms with Crippen LogP contribution in [0.25, 0.3) is 0 Å². The number of Topliss-reactive ketones (excluding diaryl/α,β-unsaturated/α-hetero) is 1. The number of furan rings is 1. The highest BCUT2D eigenvalue weighted by atomic mass is 16.3. The topological polar surface area (TPSA) is 56.2 Å². The van der Waals surface area contributed by atoms with Crippen LogP contribution >= 0.6 is 0 Å². The summed E-state index contributed by atoms with van der Waals surface area (Å²) in [7, 11) is 0. The van der Waals surface area contributed by atoms with E-state index in [1.807, 2.05) is 20.8 Å². The molecule has 1 aromatic heterocycles. The summed E-state index contributed by atoms with van der Waals surface area (Å²) < 4.78 is 4.98. The monoisotopic (exact) mass is 167 g/mol. The molecule has 2 N–H and O–H groups in total. The minimum atomic E-state index is -0.439. The van der Waals surface area contributed by atoms with Crippen molar-refractivity contribution in [3.63, 3.8) is 0 Å². The van der Waals surface area contributed by atoms with Gasteiger partial charge in [0.15, 0.2) is 5.76 Å². The van der Waals surface area contributed by atoms with Gasteiger partial charge in [0.05, 0.1) is 12.0 Å². The van der Waals surface area contributed by atoms with Crippen molar-refractivity contribution in [2.75, 3.05) is 5.73 Å². The van der Waals surface area contributed by atoms with Gasteiger partial charge in [-0.15, -0.1) is 0 Å². The van der Waals surface area contributed by atoms with Gasteiger partial charge in [-0.2, -0.15) is 0 Å². The number of carbonyl (C=O) groups is 1. The fourth-order valence-corrected chi connectivity index (χ4v) is 0.844. The molecule has 0 fully saturated rings. The molecule has 0 saturated heterocycles.